The summed E-state index contributed by atoms with van der Waals surface area (Å²) >= 11 is 0. The molecule has 0 aliphatic carbocycles. The molecule has 2 aromatic carbocycles. The largest absolute Gasteiger partial charge is 0.418 e. The maximum Gasteiger partial charge on any atom is 0.418 e. The van der Waals surface area contributed by atoms with Crippen LogP contribution in [0, 0.1) is 0 Å². The van der Waals surface area contributed by atoms with Crippen LogP contribution in [0.25, 0.3) is 0 Å². The van der Waals surface area contributed by atoms with Crippen LogP contribution in [-0.2, 0) is 12.7 Å². The summed E-state index contributed by atoms with van der Waals surface area (Å²) in [5.74, 6) is -1.25. The molecule has 0 saturated heterocycles. The van der Waals surface area contributed by atoms with Crippen LogP contribution in [0.2, 0.25) is 0 Å². The first-order valence-electron chi connectivity index (χ1n) is 8.59. The second-order valence-corrected chi connectivity index (χ2v) is 6.13. The van der Waals surface area contributed by atoms with Crippen LogP contribution in [0.4, 0.5) is 18.9 Å². The minimum Gasteiger partial charge on any atom is -0.348 e. The number of halogens is 3. The number of nitrogens with one attached hydrogen (secondary N) is 2. The monoisotopic (exact) mass is 399 g/mol. The fraction of sp³-hybridized carbons (Fsp3) is 0.0952. The third kappa shape index (κ3) is 5.19. The zero-order valence-electron chi connectivity index (χ0n) is 15.0. The Balaban J connectivity index is 1.72. The zero-order chi connectivity index (χ0) is 20.9. The maximum absolute atomic E-state index is 13.1. The van der Waals surface area contributed by atoms with Gasteiger partial charge in [0.1, 0.15) is 0 Å². The number of hydrogen-bond acceptors (Lipinski definition) is 3. The highest BCUT2D eigenvalue weighted by atomic mass is 19.4. The number of nitrogens with zero attached hydrogens (tertiary/aromatic N) is 1. The highest BCUT2D eigenvalue weighted by Gasteiger charge is 2.33. The van der Waals surface area contributed by atoms with Crippen molar-refractivity contribution in [2.24, 2.45) is 0 Å². The molecular formula is C21H16F3N3O2. The molecule has 0 aliphatic rings. The number of pyridine rings is 1. The van der Waals surface area contributed by atoms with Crippen molar-refractivity contribution in [2.45, 2.75) is 12.7 Å². The van der Waals surface area contributed by atoms with Crippen LogP contribution in [0.15, 0.2) is 73.1 Å². The lowest BCUT2D eigenvalue weighted by Crippen LogP contribution is -2.24. The highest BCUT2D eigenvalue weighted by Crippen LogP contribution is 2.34. The minimum absolute atomic E-state index is 0.0330. The van der Waals surface area contributed by atoms with Gasteiger partial charge >= 0.3 is 6.18 Å². The Bertz CT molecular complexity index is 1020. The number of rotatable bonds is 5. The predicted octanol–water partition coefficient (Wildman–Crippen LogP) is 4.28. The molecule has 29 heavy (non-hydrogen) atoms. The number of carbonyl (C=O) groups is 2. The molecule has 148 valence electrons. The first kappa shape index (κ1) is 20.1. The molecule has 0 unspecified atom stereocenters. The Kier molecular flexibility index (Phi) is 5.92. The van der Waals surface area contributed by atoms with Crippen LogP contribution in [0.5, 0.6) is 0 Å². The molecule has 2 N–H and O–H groups in total. The van der Waals surface area contributed by atoms with E-state index in [0.717, 1.165) is 17.7 Å². The summed E-state index contributed by atoms with van der Waals surface area (Å²) in [6, 6.07) is 15.2. The van der Waals surface area contributed by atoms with E-state index in [9.17, 15) is 22.8 Å². The van der Waals surface area contributed by atoms with Gasteiger partial charge in [0, 0.05) is 18.9 Å². The molecule has 3 rings (SSSR count). The SMILES string of the molecule is O=C(NCc1ccccc1)c1cncc(C(=O)Nc2ccccc2C(F)(F)F)c1. The van der Waals surface area contributed by atoms with Crippen molar-refractivity contribution in [2.75, 3.05) is 5.32 Å². The Labute approximate surface area is 164 Å². The lowest BCUT2D eigenvalue weighted by molar-refractivity contribution is -0.136. The van der Waals surface area contributed by atoms with Gasteiger partial charge < -0.3 is 10.6 Å². The molecule has 3 aromatic rings. The zero-order valence-corrected chi connectivity index (χ0v) is 15.0. The van der Waals surface area contributed by atoms with E-state index in [0.29, 0.717) is 0 Å². The normalized spacial score (nSPS) is 11.0. The van der Waals surface area contributed by atoms with Crippen molar-refractivity contribution in [3.63, 3.8) is 0 Å². The first-order valence-corrected chi connectivity index (χ1v) is 8.59. The molecule has 5 nitrogen and oxygen atoms in total. The average Bonchev–Trinajstić information content (AvgIpc) is 2.72. The molecule has 8 heteroatoms. The summed E-state index contributed by atoms with van der Waals surface area (Å²) in [5, 5.41) is 4.93. The number of amides is 2. The highest BCUT2D eigenvalue weighted by molar-refractivity contribution is 6.06. The molecule has 0 aliphatic heterocycles. The van der Waals surface area contributed by atoms with E-state index in [-0.39, 0.29) is 23.4 Å². The van der Waals surface area contributed by atoms with Gasteiger partial charge in [-0.25, -0.2) is 0 Å². The van der Waals surface area contributed by atoms with Gasteiger partial charge in [0.2, 0.25) is 0 Å². The maximum atomic E-state index is 13.1. The third-order valence-corrected chi connectivity index (χ3v) is 4.04. The molecule has 1 aromatic heterocycles. The van der Waals surface area contributed by atoms with E-state index >= 15 is 0 Å². The van der Waals surface area contributed by atoms with E-state index in [2.05, 4.69) is 15.6 Å². The fourth-order valence-corrected chi connectivity index (χ4v) is 2.60. The van der Waals surface area contributed by atoms with Crippen molar-refractivity contribution in [3.8, 4) is 0 Å². The summed E-state index contributed by atoms with van der Waals surface area (Å²) < 4.78 is 39.2. The second kappa shape index (κ2) is 8.55. The van der Waals surface area contributed by atoms with Crippen LogP contribution in [0.3, 0.4) is 0 Å². The molecule has 0 radical (unpaired) electrons. The van der Waals surface area contributed by atoms with Crippen molar-refractivity contribution in [1.82, 2.24) is 10.3 Å². The van der Waals surface area contributed by atoms with Crippen LogP contribution in [-0.4, -0.2) is 16.8 Å². The summed E-state index contributed by atoms with van der Waals surface area (Å²) in [6.07, 6.45) is -2.15. The van der Waals surface area contributed by atoms with Crippen LogP contribution in [0.1, 0.15) is 31.8 Å². The first-order chi connectivity index (χ1) is 13.8. The predicted molar refractivity (Wildman–Crippen MR) is 101 cm³/mol. The molecule has 1 heterocycles. The van der Waals surface area contributed by atoms with Gasteiger partial charge in [0.25, 0.3) is 11.8 Å². The Morgan fingerprint density at radius 3 is 2.17 bits per heavy atom. The van der Waals surface area contributed by atoms with E-state index in [1.807, 2.05) is 30.3 Å². The molecule has 0 spiro atoms. The lowest BCUT2D eigenvalue weighted by Gasteiger charge is -2.13. The van der Waals surface area contributed by atoms with Gasteiger partial charge in [0.05, 0.1) is 22.4 Å². The van der Waals surface area contributed by atoms with E-state index in [4.69, 9.17) is 0 Å². The standard InChI is InChI=1S/C21H16F3N3O2/c22-21(23,24)17-8-4-5-9-18(17)27-20(29)16-10-15(12-25-13-16)19(28)26-11-14-6-2-1-3-7-14/h1-10,12-13H,11H2,(H,26,28)(H,27,29). The van der Waals surface area contributed by atoms with Gasteiger partial charge in [-0.05, 0) is 23.8 Å². The number of carbonyl (C=O) groups excluding carboxylic acids is 2. The van der Waals surface area contributed by atoms with Gasteiger partial charge in [-0.1, -0.05) is 42.5 Å². The van der Waals surface area contributed by atoms with E-state index < -0.39 is 23.6 Å². The average molecular weight is 399 g/mol. The Morgan fingerprint density at radius 1 is 0.862 bits per heavy atom. The summed E-state index contributed by atoms with van der Waals surface area (Å²) in [6.45, 7) is 0.287. The summed E-state index contributed by atoms with van der Waals surface area (Å²) in [5.41, 5.74) is -0.347. The van der Waals surface area contributed by atoms with Gasteiger partial charge in [0.15, 0.2) is 0 Å². The topological polar surface area (TPSA) is 71.1 Å². The fourth-order valence-electron chi connectivity index (χ4n) is 2.60. The molecule has 0 fully saturated rings. The second-order valence-electron chi connectivity index (χ2n) is 6.13. The quantitative estimate of drug-likeness (QED) is 0.673. The Hall–Kier alpha value is -3.68. The van der Waals surface area contributed by atoms with Gasteiger partial charge in [-0.2, -0.15) is 13.2 Å². The van der Waals surface area contributed by atoms with Crippen molar-refractivity contribution in [1.29, 1.82) is 0 Å². The number of benzene rings is 2. The number of aromatic nitrogens is 1. The molecule has 0 saturated carbocycles. The van der Waals surface area contributed by atoms with Crippen molar-refractivity contribution in [3.05, 3.63) is 95.3 Å². The van der Waals surface area contributed by atoms with Gasteiger partial charge in [-0.15, -0.1) is 0 Å². The van der Waals surface area contributed by atoms with Crippen LogP contribution >= 0.6 is 0 Å². The van der Waals surface area contributed by atoms with E-state index in [1.165, 1.54) is 30.6 Å². The summed E-state index contributed by atoms with van der Waals surface area (Å²) in [7, 11) is 0. The van der Waals surface area contributed by atoms with Gasteiger partial charge in [-0.3, -0.25) is 14.6 Å². The molecule has 0 atom stereocenters. The van der Waals surface area contributed by atoms with Crippen molar-refractivity contribution >= 4 is 17.5 Å². The minimum atomic E-state index is -4.61. The number of anilines is 1. The molecule has 2 amide bonds. The Morgan fingerprint density at radius 2 is 1.48 bits per heavy atom. The molecule has 0 bridgehead atoms. The lowest BCUT2D eigenvalue weighted by atomic mass is 10.1. The summed E-state index contributed by atoms with van der Waals surface area (Å²) in [4.78, 5) is 28.6. The number of alkyl halides is 3. The number of hydrogen-bond donors (Lipinski definition) is 2. The van der Waals surface area contributed by atoms with Crippen LogP contribution < -0.4 is 10.6 Å². The smallest absolute Gasteiger partial charge is 0.348 e. The third-order valence-electron chi connectivity index (χ3n) is 4.04. The molecular weight excluding hydrogens is 383 g/mol. The van der Waals surface area contributed by atoms with Crippen molar-refractivity contribution < 1.29 is 22.8 Å². The van der Waals surface area contributed by atoms with E-state index in [1.54, 1.807) is 0 Å². The number of para-hydroxylation sites is 1.